The zero-order valence-corrected chi connectivity index (χ0v) is 9.18. The van der Waals surface area contributed by atoms with Crippen molar-refractivity contribution in [3.05, 3.63) is 30.3 Å². The van der Waals surface area contributed by atoms with E-state index in [4.69, 9.17) is 10.00 Å². The third-order valence-corrected chi connectivity index (χ3v) is 2.28. The van der Waals surface area contributed by atoms with Gasteiger partial charge < -0.3 is 9.64 Å². The van der Waals surface area contributed by atoms with Crippen LogP contribution in [0.15, 0.2) is 30.3 Å². The smallest absolute Gasteiger partial charge is 0.127 e. The van der Waals surface area contributed by atoms with E-state index in [0.717, 1.165) is 5.69 Å². The van der Waals surface area contributed by atoms with Gasteiger partial charge in [-0.2, -0.15) is 5.26 Å². The summed E-state index contributed by atoms with van der Waals surface area (Å²) in [6.07, 6.45) is 0.424. The van der Waals surface area contributed by atoms with Crippen LogP contribution in [0.25, 0.3) is 0 Å². The van der Waals surface area contributed by atoms with E-state index in [1.807, 2.05) is 49.2 Å². The number of rotatable bonds is 5. The minimum atomic E-state index is -0.0132. The van der Waals surface area contributed by atoms with E-state index in [1.165, 1.54) is 0 Å². The molecule has 3 heteroatoms. The fraction of sp³-hybridized carbons (Fsp3) is 0.417. The summed E-state index contributed by atoms with van der Waals surface area (Å²) in [7, 11) is 1.98. The summed E-state index contributed by atoms with van der Waals surface area (Å²) in [5.41, 5.74) is 1.11. The molecule has 1 aromatic carbocycles. The molecule has 0 bridgehead atoms. The summed E-state index contributed by atoms with van der Waals surface area (Å²) in [4.78, 5) is 2.04. The topological polar surface area (TPSA) is 36.3 Å². The minimum Gasteiger partial charge on any atom is -0.358 e. The van der Waals surface area contributed by atoms with Crippen molar-refractivity contribution in [2.24, 2.45) is 0 Å². The Morgan fingerprint density at radius 2 is 2.07 bits per heavy atom. The first kappa shape index (κ1) is 11.5. The fourth-order valence-corrected chi connectivity index (χ4v) is 1.26. The Labute approximate surface area is 90.9 Å². The normalized spacial score (nSPS) is 11.8. The van der Waals surface area contributed by atoms with Crippen LogP contribution >= 0.6 is 0 Å². The number of nitriles is 1. The molecule has 1 unspecified atom stereocenters. The van der Waals surface area contributed by atoms with Gasteiger partial charge in [-0.3, -0.25) is 0 Å². The van der Waals surface area contributed by atoms with Gasteiger partial charge in [-0.05, 0) is 19.1 Å². The molecule has 0 fully saturated rings. The van der Waals surface area contributed by atoms with E-state index >= 15 is 0 Å². The van der Waals surface area contributed by atoms with Crippen LogP contribution in [0.2, 0.25) is 0 Å². The van der Waals surface area contributed by atoms with Crippen LogP contribution in [0.5, 0.6) is 0 Å². The first-order valence-corrected chi connectivity index (χ1v) is 5.02. The molecule has 1 rings (SSSR count). The molecular weight excluding hydrogens is 188 g/mol. The highest BCUT2D eigenvalue weighted by Crippen LogP contribution is 2.14. The molecule has 0 N–H and O–H groups in total. The Morgan fingerprint density at radius 3 is 2.67 bits per heavy atom. The highest BCUT2D eigenvalue weighted by atomic mass is 16.5. The molecule has 1 aromatic rings. The van der Waals surface area contributed by atoms with Crippen molar-refractivity contribution in [2.75, 3.05) is 18.6 Å². The maximum Gasteiger partial charge on any atom is 0.127 e. The molecule has 0 aliphatic heterocycles. The summed E-state index contributed by atoms with van der Waals surface area (Å²) in [5, 5.41) is 8.39. The molecule has 80 valence electrons. The Kier molecular flexibility index (Phi) is 4.65. The van der Waals surface area contributed by atoms with Crippen molar-refractivity contribution in [1.29, 1.82) is 5.26 Å². The average Bonchev–Trinajstić information content (AvgIpc) is 2.29. The monoisotopic (exact) mass is 204 g/mol. The van der Waals surface area contributed by atoms with Gasteiger partial charge in [0.25, 0.3) is 0 Å². The van der Waals surface area contributed by atoms with Crippen molar-refractivity contribution in [3.8, 4) is 6.07 Å². The molecule has 0 spiro atoms. The van der Waals surface area contributed by atoms with E-state index in [1.54, 1.807) is 0 Å². The second-order valence-corrected chi connectivity index (χ2v) is 3.32. The molecule has 0 radical (unpaired) electrons. The van der Waals surface area contributed by atoms with Gasteiger partial charge in [-0.1, -0.05) is 18.2 Å². The minimum absolute atomic E-state index is 0.0132. The molecule has 0 heterocycles. The third kappa shape index (κ3) is 3.61. The maximum absolute atomic E-state index is 8.39. The first-order valence-electron chi connectivity index (χ1n) is 5.02. The van der Waals surface area contributed by atoms with Crippen LogP contribution in [0.1, 0.15) is 13.3 Å². The third-order valence-electron chi connectivity index (χ3n) is 2.28. The number of benzene rings is 1. The highest BCUT2D eigenvalue weighted by molar-refractivity contribution is 5.45. The number of para-hydroxylation sites is 1. The second kappa shape index (κ2) is 6.05. The number of anilines is 1. The fourth-order valence-electron chi connectivity index (χ4n) is 1.26. The van der Waals surface area contributed by atoms with Crippen molar-refractivity contribution >= 4 is 5.69 Å². The Balaban J connectivity index is 2.46. The van der Waals surface area contributed by atoms with Crippen LogP contribution in [0.3, 0.4) is 0 Å². The van der Waals surface area contributed by atoms with Crippen molar-refractivity contribution in [2.45, 2.75) is 19.6 Å². The predicted molar refractivity (Wildman–Crippen MR) is 60.5 cm³/mol. The molecule has 0 aromatic heterocycles. The lowest BCUT2D eigenvalue weighted by Gasteiger charge is -2.26. The van der Waals surface area contributed by atoms with E-state index in [-0.39, 0.29) is 6.23 Å². The Morgan fingerprint density at radius 1 is 1.40 bits per heavy atom. The standard InChI is InChI=1S/C12H16N2O/c1-11(15-10-6-9-13)14(2)12-7-4-3-5-8-12/h3-5,7-8,11H,6,10H2,1-2H3. The van der Waals surface area contributed by atoms with Crippen molar-refractivity contribution < 1.29 is 4.74 Å². The van der Waals surface area contributed by atoms with E-state index < -0.39 is 0 Å². The Bertz CT molecular complexity index is 318. The number of nitrogens with zero attached hydrogens (tertiary/aromatic N) is 2. The molecule has 0 aliphatic rings. The van der Waals surface area contributed by atoms with E-state index in [9.17, 15) is 0 Å². The maximum atomic E-state index is 8.39. The molecular formula is C12H16N2O. The van der Waals surface area contributed by atoms with Gasteiger partial charge in [0.1, 0.15) is 6.23 Å². The zero-order chi connectivity index (χ0) is 11.1. The number of hydrogen-bond donors (Lipinski definition) is 0. The van der Waals surface area contributed by atoms with Gasteiger partial charge in [0.05, 0.1) is 19.1 Å². The van der Waals surface area contributed by atoms with Gasteiger partial charge in [-0.15, -0.1) is 0 Å². The molecule has 0 saturated heterocycles. The zero-order valence-electron chi connectivity index (χ0n) is 9.18. The Hall–Kier alpha value is -1.53. The van der Waals surface area contributed by atoms with Crippen LogP contribution < -0.4 is 4.90 Å². The largest absolute Gasteiger partial charge is 0.358 e. The van der Waals surface area contributed by atoms with Crippen LogP contribution in [-0.2, 0) is 4.74 Å². The van der Waals surface area contributed by atoms with Gasteiger partial charge in [0.15, 0.2) is 0 Å². The lowest BCUT2D eigenvalue weighted by atomic mass is 10.3. The summed E-state index contributed by atoms with van der Waals surface area (Å²) in [6.45, 7) is 2.46. The SMILES string of the molecule is CC(OCCC#N)N(C)c1ccccc1. The van der Waals surface area contributed by atoms with Crippen LogP contribution in [0, 0.1) is 11.3 Å². The molecule has 0 saturated carbocycles. The average molecular weight is 204 g/mol. The summed E-state index contributed by atoms with van der Waals surface area (Å²) >= 11 is 0. The van der Waals surface area contributed by atoms with Gasteiger partial charge in [0, 0.05) is 12.7 Å². The van der Waals surface area contributed by atoms with Crippen molar-refractivity contribution in [1.82, 2.24) is 0 Å². The lowest BCUT2D eigenvalue weighted by Crippen LogP contribution is -2.31. The van der Waals surface area contributed by atoms with Gasteiger partial charge in [0.2, 0.25) is 0 Å². The van der Waals surface area contributed by atoms with Crippen LogP contribution in [0.4, 0.5) is 5.69 Å². The summed E-state index contributed by atoms with van der Waals surface area (Å²) < 4.78 is 5.50. The molecule has 0 amide bonds. The molecule has 1 atom stereocenters. The first-order chi connectivity index (χ1) is 7.25. The number of ether oxygens (including phenoxy) is 1. The van der Waals surface area contributed by atoms with E-state index in [2.05, 4.69) is 6.07 Å². The highest BCUT2D eigenvalue weighted by Gasteiger charge is 2.08. The molecule has 3 nitrogen and oxygen atoms in total. The lowest BCUT2D eigenvalue weighted by molar-refractivity contribution is 0.0710. The van der Waals surface area contributed by atoms with Gasteiger partial charge >= 0.3 is 0 Å². The quantitative estimate of drug-likeness (QED) is 0.546. The second-order valence-electron chi connectivity index (χ2n) is 3.32. The van der Waals surface area contributed by atoms with Gasteiger partial charge in [-0.25, -0.2) is 0 Å². The summed E-state index contributed by atoms with van der Waals surface area (Å²) in [5.74, 6) is 0. The predicted octanol–water partition coefficient (Wildman–Crippen LogP) is 2.40. The van der Waals surface area contributed by atoms with Crippen LogP contribution in [-0.4, -0.2) is 19.9 Å². The summed E-state index contributed by atoms with van der Waals surface area (Å²) in [6, 6.07) is 12.1. The molecule has 0 aliphatic carbocycles. The van der Waals surface area contributed by atoms with E-state index in [0.29, 0.717) is 13.0 Å². The van der Waals surface area contributed by atoms with Crippen molar-refractivity contribution in [3.63, 3.8) is 0 Å². The number of hydrogen-bond acceptors (Lipinski definition) is 3. The molecule has 15 heavy (non-hydrogen) atoms.